The van der Waals surface area contributed by atoms with Crippen LogP contribution in [0.5, 0.6) is 0 Å². The van der Waals surface area contributed by atoms with Crippen LogP contribution < -0.4 is 5.32 Å². The molecule has 2 unspecified atom stereocenters. The van der Waals surface area contributed by atoms with Gasteiger partial charge in [0, 0.05) is 19.2 Å². The van der Waals surface area contributed by atoms with E-state index in [-0.39, 0.29) is 0 Å². The monoisotopic (exact) mass is 268 g/mol. The van der Waals surface area contributed by atoms with Crippen LogP contribution in [-0.2, 0) is 4.74 Å². The van der Waals surface area contributed by atoms with Gasteiger partial charge in [0.1, 0.15) is 0 Å². The maximum absolute atomic E-state index is 5.62. The minimum absolute atomic E-state index is 0.421. The van der Waals surface area contributed by atoms with Crippen LogP contribution in [0.15, 0.2) is 0 Å². The third-order valence-electron chi connectivity index (χ3n) is 5.52. The Morgan fingerprint density at radius 3 is 2.63 bits per heavy atom. The molecule has 0 radical (unpaired) electrons. The van der Waals surface area contributed by atoms with Gasteiger partial charge in [-0.25, -0.2) is 0 Å². The van der Waals surface area contributed by atoms with Crippen molar-refractivity contribution < 1.29 is 4.74 Å². The smallest absolute Gasteiger partial charge is 0.0724 e. The van der Waals surface area contributed by atoms with Gasteiger partial charge < -0.3 is 15.0 Å². The molecule has 3 nitrogen and oxygen atoms in total. The Morgan fingerprint density at radius 2 is 2.00 bits per heavy atom. The Kier molecular flexibility index (Phi) is 5.67. The van der Waals surface area contributed by atoms with Crippen LogP contribution in [0.3, 0.4) is 0 Å². The van der Waals surface area contributed by atoms with Crippen LogP contribution in [0.1, 0.15) is 51.9 Å². The summed E-state index contributed by atoms with van der Waals surface area (Å²) in [5.41, 5.74) is 0.421. The Labute approximate surface area is 119 Å². The maximum Gasteiger partial charge on any atom is 0.0724 e. The Bertz CT molecular complexity index is 263. The van der Waals surface area contributed by atoms with Crippen LogP contribution in [0.25, 0.3) is 0 Å². The molecular formula is C16H32N2O. The fourth-order valence-electron chi connectivity index (χ4n) is 3.83. The first-order valence-corrected chi connectivity index (χ1v) is 8.13. The summed E-state index contributed by atoms with van der Waals surface area (Å²) in [6, 6.07) is 0. The molecule has 1 aliphatic carbocycles. The van der Waals surface area contributed by atoms with Gasteiger partial charge in [0.2, 0.25) is 0 Å². The second kappa shape index (κ2) is 7.05. The lowest BCUT2D eigenvalue weighted by atomic mass is 9.79. The second-order valence-electron chi connectivity index (χ2n) is 6.68. The van der Waals surface area contributed by atoms with Crippen molar-refractivity contribution >= 4 is 0 Å². The van der Waals surface area contributed by atoms with Crippen molar-refractivity contribution in [1.82, 2.24) is 10.2 Å². The molecule has 0 bridgehead atoms. The van der Waals surface area contributed by atoms with Crippen LogP contribution in [0.2, 0.25) is 0 Å². The number of rotatable bonds is 5. The van der Waals surface area contributed by atoms with Gasteiger partial charge in [-0.3, -0.25) is 0 Å². The van der Waals surface area contributed by atoms with Gasteiger partial charge >= 0.3 is 0 Å². The fraction of sp³-hybridized carbons (Fsp3) is 1.00. The number of piperidine rings is 1. The van der Waals surface area contributed by atoms with Crippen LogP contribution in [-0.4, -0.2) is 50.3 Å². The zero-order chi connectivity index (χ0) is 13.7. The highest BCUT2D eigenvalue weighted by molar-refractivity contribution is 4.91. The Hall–Kier alpha value is -0.120. The minimum Gasteiger partial charge on any atom is -0.380 e. The molecule has 0 aromatic heterocycles. The van der Waals surface area contributed by atoms with Crippen molar-refractivity contribution in [2.75, 3.05) is 33.8 Å². The van der Waals surface area contributed by atoms with Crippen molar-refractivity contribution in [1.29, 1.82) is 0 Å². The summed E-state index contributed by atoms with van der Waals surface area (Å²) in [6.07, 6.45) is 9.97. The van der Waals surface area contributed by atoms with Crippen molar-refractivity contribution in [3.05, 3.63) is 0 Å². The molecule has 0 aromatic rings. The predicted molar refractivity (Wildman–Crippen MR) is 80.5 cm³/mol. The topological polar surface area (TPSA) is 24.5 Å². The quantitative estimate of drug-likeness (QED) is 0.829. The summed E-state index contributed by atoms with van der Waals surface area (Å²) in [5, 5.41) is 3.63. The molecule has 1 N–H and O–H groups in total. The molecule has 112 valence electrons. The third kappa shape index (κ3) is 3.93. The molecule has 2 aliphatic rings. The zero-order valence-electron chi connectivity index (χ0n) is 13.1. The van der Waals surface area contributed by atoms with Crippen molar-refractivity contribution in [2.24, 2.45) is 5.92 Å². The largest absolute Gasteiger partial charge is 0.380 e. The van der Waals surface area contributed by atoms with Gasteiger partial charge in [-0.05, 0) is 51.7 Å². The molecule has 1 saturated carbocycles. The first-order valence-electron chi connectivity index (χ1n) is 8.13. The number of nitrogens with one attached hydrogen (secondary N) is 1. The molecule has 2 atom stereocenters. The first kappa shape index (κ1) is 15.3. The van der Waals surface area contributed by atoms with E-state index < -0.39 is 0 Å². The fourth-order valence-corrected chi connectivity index (χ4v) is 3.83. The summed E-state index contributed by atoms with van der Waals surface area (Å²) in [7, 11) is 4.02. The zero-order valence-corrected chi connectivity index (χ0v) is 13.1. The van der Waals surface area contributed by atoms with Crippen molar-refractivity contribution in [2.45, 2.75) is 63.5 Å². The predicted octanol–water partition coefficient (Wildman–Crippen LogP) is 2.66. The lowest BCUT2D eigenvalue weighted by Gasteiger charge is -2.41. The second-order valence-corrected chi connectivity index (χ2v) is 6.68. The van der Waals surface area contributed by atoms with E-state index in [1.165, 1.54) is 58.0 Å². The van der Waals surface area contributed by atoms with Crippen LogP contribution in [0, 0.1) is 5.92 Å². The number of hydrogen-bond donors (Lipinski definition) is 1. The molecule has 0 spiro atoms. The Balaban J connectivity index is 1.80. The van der Waals surface area contributed by atoms with E-state index in [1.807, 2.05) is 7.11 Å². The van der Waals surface area contributed by atoms with E-state index in [1.54, 1.807) is 0 Å². The molecule has 19 heavy (non-hydrogen) atoms. The number of likely N-dealkylation sites (tertiary alicyclic amines) is 1. The lowest BCUT2D eigenvalue weighted by molar-refractivity contribution is -0.00795. The molecule has 1 saturated heterocycles. The van der Waals surface area contributed by atoms with E-state index in [0.29, 0.717) is 17.6 Å². The number of ether oxygens (including phenoxy) is 1. The molecule has 3 heteroatoms. The van der Waals surface area contributed by atoms with Gasteiger partial charge in [0.15, 0.2) is 0 Å². The average molecular weight is 268 g/mol. The number of methoxy groups -OCH3 is 1. The highest BCUT2D eigenvalue weighted by Gasteiger charge is 2.32. The van der Waals surface area contributed by atoms with E-state index in [9.17, 15) is 0 Å². The lowest BCUT2D eigenvalue weighted by Crippen LogP contribution is -2.49. The summed E-state index contributed by atoms with van der Waals surface area (Å²) < 4.78 is 5.62. The van der Waals surface area contributed by atoms with Gasteiger partial charge in [-0.2, -0.15) is 0 Å². The van der Waals surface area contributed by atoms with E-state index >= 15 is 0 Å². The van der Waals surface area contributed by atoms with Crippen molar-refractivity contribution in [3.63, 3.8) is 0 Å². The molecule has 0 aromatic carbocycles. The normalized spacial score (nSPS) is 32.4. The molecule has 1 heterocycles. The van der Waals surface area contributed by atoms with Gasteiger partial charge in [0.25, 0.3) is 0 Å². The summed E-state index contributed by atoms with van der Waals surface area (Å²) in [5.74, 6) is 0.717. The standard InChI is InChI=1S/C16H32N2O/c1-14-7-11-18(13-15(14)19-3)12-10-16(17-2)8-5-4-6-9-16/h14-15,17H,4-13H2,1-3H3. The number of hydrogen-bond acceptors (Lipinski definition) is 3. The van der Waals surface area contributed by atoms with Crippen molar-refractivity contribution in [3.8, 4) is 0 Å². The van der Waals surface area contributed by atoms with Gasteiger partial charge in [0.05, 0.1) is 6.10 Å². The Morgan fingerprint density at radius 1 is 1.26 bits per heavy atom. The van der Waals surface area contributed by atoms with E-state index in [0.717, 1.165) is 6.54 Å². The highest BCUT2D eigenvalue weighted by Crippen LogP contribution is 2.31. The maximum atomic E-state index is 5.62. The summed E-state index contributed by atoms with van der Waals surface area (Å²) >= 11 is 0. The molecule has 2 fully saturated rings. The number of nitrogens with zero attached hydrogens (tertiary/aromatic N) is 1. The molecule has 0 amide bonds. The van der Waals surface area contributed by atoms with Crippen LogP contribution >= 0.6 is 0 Å². The highest BCUT2D eigenvalue weighted by atomic mass is 16.5. The van der Waals surface area contributed by atoms with Gasteiger partial charge in [-0.15, -0.1) is 0 Å². The summed E-state index contributed by atoms with van der Waals surface area (Å²) in [6.45, 7) is 5.92. The molecular weight excluding hydrogens is 236 g/mol. The van der Waals surface area contributed by atoms with E-state index in [2.05, 4.69) is 24.2 Å². The van der Waals surface area contributed by atoms with Crippen LogP contribution in [0.4, 0.5) is 0 Å². The SMILES string of the molecule is CNC1(CCN2CCC(C)C(OC)C2)CCCCC1. The van der Waals surface area contributed by atoms with E-state index in [4.69, 9.17) is 4.74 Å². The molecule has 1 aliphatic heterocycles. The summed E-state index contributed by atoms with van der Waals surface area (Å²) in [4.78, 5) is 2.61. The molecule has 2 rings (SSSR count). The first-order chi connectivity index (χ1) is 9.19. The average Bonchev–Trinajstić information content (AvgIpc) is 2.47. The minimum atomic E-state index is 0.421. The van der Waals surface area contributed by atoms with Gasteiger partial charge in [-0.1, -0.05) is 26.2 Å². The third-order valence-corrected chi connectivity index (χ3v) is 5.52.